The summed E-state index contributed by atoms with van der Waals surface area (Å²) in [6.45, 7) is 7.62. The van der Waals surface area contributed by atoms with Crippen molar-refractivity contribution in [3.8, 4) is 21.8 Å². The predicted octanol–water partition coefficient (Wildman–Crippen LogP) is 6.27. The van der Waals surface area contributed by atoms with Gasteiger partial charge in [-0.15, -0.1) is 11.3 Å². The van der Waals surface area contributed by atoms with Crippen molar-refractivity contribution in [3.63, 3.8) is 0 Å². The molecule has 206 valence electrons. The first kappa shape index (κ1) is 27.3. The van der Waals surface area contributed by atoms with Crippen molar-refractivity contribution < 1.29 is 23.9 Å². The van der Waals surface area contributed by atoms with Gasteiger partial charge in [0, 0.05) is 16.1 Å². The van der Waals surface area contributed by atoms with Gasteiger partial charge in [0.15, 0.2) is 6.10 Å². The number of rotatable bonds is 8. The van der Waals surface area contributed by atoms with Crippen molar-refractivity contribution >= 4 is 34.2 Å². The van der Waals surface area contributed by atoms with Gasteiger partial charge in [0.2, 0.25) is 0 Å². The molecule has 0 spiro atoms. The third-order valence-electron chi connectivity index (χ3n) is 7.06. The summed E-state index contributed by atoms with van der Waals surface area (Å²) in [4.78, 5) is 47.9. The molecule has 1 amide bonds. The Kier molecular flexibility index (Phi) is 7.84. The zero-order chi connectivity index (χ0) is 28.4. The van der Waals surface area contributed by atoms with Crippen LogP contribution in [-0.4, -0.2) is 40.5 Å². The zero-order valence-electron chi connectivity index (χ0n) is 22.9. The first-order valence-electron chi connectivity index (χ1n) is 13.4. The third-order valence-corrected chi connectivity index (χ3v) is 8.25. The molecule has 2 heterocycles. The molecule has 8 nitrogen and oxygen atoms in total. The number of nitrogens with one attached hydrogen (secondary N) is 2. The molecule has 2 aromatic carbocycles. The van der Waals surface area contributed by atoms with Crippen molar-refractivity contribution in [1.29, 1.82) is 0 Å². The van der Waals surface area contributed by atoms with Crippen LogP contribution in [0.5, 0.6) is 0 Å². The molecule has 0 aliphatic heterocycles. The largest absolute Gasteiger partial charge is 0.462 e. The normalized spacial score (nSPS) is 12.7. The Morgan fingerprint density at radius 1 is 1.02 bits per heavy atom. The topological polar surface area (TPSA) is 110 Å². The van der Waals surface area contributed by atoms with E-state index in [4.69, 9.17) is 9.47 Å². The van der Waals surface area contributed by atoms with E-state index in [9.17, 15) is 14.4 Å². The number of imidazole rings is 1. The van der Waals surface area contributed by atoms with E-state index in [1.165, 1.54) is 16.9 Å². The Morgan fingerprint density at radius 3 is 2.45 bits per heavy atom. The lowest BCUT2D eigenvalue weighted by Gasteiger charge is -2.17. The van der Waals surface area contributed by atoms with Gasteiger partial charge in [-0.05, 0) is 68.9 Å². The van der Waals surface area contributed by atoms with Crippen LogP contribution in [0.4, 0.5) is 5.00 Å². The van der Waals surface area contributed by atoms with E-state index in [0.717, 1.165) is 45.2 Å². The molecule has 0 fully saturated rings. The SMILES string of the molecule is CCOC(=O)c1c(NC(=O)C(CC)OC(=O)c2ccc(-c3nc(C)c(C)[nH]3)cc2)sc2c1CCc1ccccc1-2. The Balaban J connectivity index is 1.35. The monoisotopic (exact) mass is 557 g/mol. The maximum Gasteiger partial charge on any atom is 0.341 e. The van der Waals surface area contributed by atoms with Gasteiger partial charge < -0.3 is 19.8 Å². The number of fused-ring (bicyclic) bond motifs is 3. The highest BCUT2D eigenvalue weighted by molar-refractivity contribution is 7.20. The highest BCUT2D eigenvalue weighted by Gasteiger charge is 2.31. The number of carbonyl (C=O) groups excluding carboxylic acids is 3. The third kappa shape index (κ3) is 5.29. The molecule has 1 unspecified atom stereocenters. The second-order valence-electron chi connectivity index (χ2n) is 9.66. The molecule has 2 aromatic heterocycles. The Hall–Kier alpha value is -4.24. The summed E-state index contributed by atoms with van der Waals surface area (Å²) in [6, 6.07) is 14.9. The summed E-state index contributed by atoms with van der Waals surface area (Å²) in [7, 11) is 0. The number of aromatic nitrogens is 2. The van der Waals surface area contributed by atoms with Gasteiger partial charge in [-0.1, -0.05) is 43.3 Å². The number of amides is 1. The Bertz CT molecular complexity index is 1570. The number of ether oxygens (including phenoxy) is 2. The lowest BCUT2D eigenvalue weighted by Crippen LogP contribution is -2.32. The number of hydrogen-bond donors (Lipinski definition) is 2. The highest BCUT2D eigenvalue weighted by atomic mass is 32.1. The summed E-state index contributed by atoms with van der Waals surface area (Å²) in [5.41, 5.74) is 6.58. The molecular weight excluding hydrogens is 526 g/mol. The lowest BCUT2D eigenvalue weighted by molar-refractivity contribution is -0.124. The molecule has 9 heteroatoms. The minimum absolute atomic E-state index is 0.223. The molecule has 0 saturated carbocycles. The van der Waals surface area contributed by atoms with E-state index in [2.05, 4.69) is 21.4 Å². The quantitative estimate of drug-likeness (QED) is 0.247. The standard InChI is InChI=1S/C31H31N3O5S/c1-5-24(39-30(36)21-13-11-20(12-14-21)27-32-17(3)18(4)33-27)28(35)34-29-25(31(37)38-6-2)23-16-15-19-9-7-8-10-22(19)26(23)40-29/h7-14,24H,5-6,15-16H2,1-4H3,(H,32,33)(H,34,35). The number of hydrogen-bond acceptors (Lipinski definition) is 7. The molecule has 5 rings (SSSR count). The minimum Gasteiger partial charge on any atom is -0.462 e. The maximum atomic E-state index is 13.3. The molecule has 40 heavy (non-hydrogen) atoms. The highest BCUT2D eigenvalue weighted by Crippen LogP contribution is 2.45. The van der Waals surface area contributed by atoms with Crippen LogP contribution in [0.2, 0.25) is 0 Å². The van der Waals surface area contributed by atoms with Crippen LogP contribution in [0, 0.1) is 13.8 Å². The maximum absolute atomic E-state index is 13.3. The Morgan fingerprint density at radius 2 is 1.77 bits per heavy atom. The van der Waals surface area contributed by atoms with Gasteiger partial charge >= 0.3 is 11.9 Å². The van der Waals surface area contributed by atoms with E-state index < -0.39 is 23.9 Å². The summed E-state index contributed by atoms with van der Waals surface area (Å²) < 4.78 is 11.0. The number of esters is 2. The Labute approximate surface area is 236 Å². The minimum atomic E-state index is -1.04. The average molecular weight is 558 g/mol. The fraction of sp³-hybridized carbons (Fsp3) is 0.290. The molecule has 0 saturated heterocycles. The fourth-order valence-electron chi connectivity index (χ4n) is 4.81. The summed E-state index contributed by atoms with van der Waals surface area (Å²) in [5.74, 6) is -0.849. The molecule has 0 bridgehead atoms. The molecule has 4 aromatic rings. The fourth-order valence-corrected chi connectivity index (χ4v) is 6.11. The molecule has 1 atom stereocenters. The molecule has 1 aliphatic rings. The predicted molar refractivity (Wildman–Crippen MR) is 155 cm³/mol. The number of aromatic amines is 1. The number of aryl methyl sites for hydroxylation is 3. The van der Waals surface area contributed by atoms with Crippen LogP contribution in [0.1, 0.15) is 63.5 Å². The number of benzene rings is 2. The van der Waals surface area contributed by atoms with Gasteiger partial charge in [-0.2, -0.15) is 0 Å². The van der Waals surface area contributed by atoms with Crippen LogP contribution in [0.15, 0.2) is 48.5 Å². The van der Waals surface area contributed by atoms with Crippen LogP contribution in [0.3, 0.4) is 0 Å². The van der Waals surface area contributed by atoms with E-state index in [0.29, 0.717) is 22.5 Å². The number of thiophene rings is 1. The smallest absolute Gasteiger partial charge is 0.341 e. The van der Waals surface area contributed by atoms with Gasteiger partial charge in [0.1, 0.15) is 10.8 Å². The van der Waals surface area contributed by atoms with Gasteiger partial charge in [-0.25, -0.2) is 14.6 Å². The number of H-pyrrole nitrogens is 1. The number of carbonyl (C=O) groups is 3. The van der Waals surface area contributed by atoms with Crippen molar-refractivity contribution in [2.75, 3.05) is 11.9 Å². The lowest BCUT2D eigenvalue weighted by atomic mass is 9.89. The van der Waals surface area contributed by atoms with Crippen molar-refractivity contribution in [3.05, 3.63) is 82.2 Å². The van der Waals surface area contributed by atoms with Crippen molar-refractivity contribution in [2.45, 2.75) is 53.1 Å². The van der Waals surface area contributed by atoms with E-state index in [1.54, 1.807) is 38.1 Å². The van der Waals surface area contributed by atoms with Crippen LogP contribution < -0.4 is 5.32 Å². The first-order valence-corrected chi connectivity index (χ1v) is 14.2. The summed E-state index contributed by atoms with van der Waals surface area (Å²) >= 11 is 1.35. The summed E-state index contributed by atoms with van der Waals surface area (Å²) in [6.07, 6.45) is 0.700. The van der Waals surface area contributed by atoms with Crippen LogP contribution in [0.25, 0.3) is 21.8 Å². The van der Waals surface area contributed by atoms with E-state index >= 15 is 0 Å². The molecule has 1 aliphatic carbocycles. The van der Waals surface area contributed by atoms with Crippen LogP contribution in [-0.2, 0) is 27.1 Å². The second kappa shape index (κ2) is 11.5. The average Bonchev–Trinajstić information content (AvgIpc) is 3.50. The summed E-state index contributed by atoms with van der Waals surface area (Å²) in [5, 5.41) is 3.28. The first-order chi connectivity index (χ1) is 19.3. The van der Waals surface area contributed by atoms with Crippen LogP contribution >= 0.6 is 11.3 Å². The number of anilines is 1. The van der Waals surface area contributed by atoms with Crippen molar-refractivity contribution in [1.82, 2.24) is 9.97 Å². The molecular formula is C31H31N3O5S. The van der Waals surface area contributed by atoms with Crippen molar-refractivity contribution in [2.24, 2.45) is 0 Å². The zero-order valence-corrected chi connectivity index (χ0v) is 23.7. The van der Waals surface area contributed by atoms with Gasteiger partial charge in [-0.3, -0.25) is 4.79 Å². The van der Waals surface area contributed by atoms with Gasteiger partial charge in [0.05, 0.1) is 23.4 Å². The second-order valence-corrected chi connectivity index (χ2v) is 10.7. The molecule has 0 radical (unpaired) electrons. The molecule has 2 N–H and O–H groups in total. The van der Waals surface area contributed by atoms with E-state index in [-0.39, 0.29) is 13.0 Å². The number of nitrogens with zero attached hydrogens (tertiary/aromatic N) is 1. The van der Waals surface area contributed by atoms with Gasteiger partial charge in [0.25, 0.3) is 5.91 Å². The van der Waals surface area contributed by atoms with E-state index in [1.807, 2.05) is 32.0 Å².